The van der Waals surface area contributed by atoms with Gasteiger partial charge in [0.1, 0.15) is 0 Å². The zero-order valence-electron chi connectivity index (χ0n) is 37.7. The molecule has 0 bridgehead atoms. The predicted octanol–water partition coefficient (Wildman–Crippen LogP) is 10.2. The number of nitrogens with zero attached hydrogens (tertiary/aromatic N) is 4. The second-order valence-corrected chi connectivity index (χ2v) is 25.3. The molecule has 1 aliphatic heterocycles. The third-order valence-corrected chi connectivity index (χ3v) is 15.9. The van der Waals surface area contributed by atoms with Crippen LogP contribution in [0.1, 0.15) is 94.3 Å². The molecular weight excluding hydrogens is 1020 g/mol. The van der Waals surface area contributed by atoms with Crippen LogP contribution in [0.5, 0.6) is 0 Å². The molecule has 6 nitrogen and oxygen atoms in total. The Hall–Kier alpha value is -0.743. The van der Waals surface area contributed by atoms with Crippen molar-refractivity contribution in [2.75, 3.05) is 0 Å². The van der Waals surface area contributed by atoms with E-state index in [0.717, 1.165) is 50.4 Å². The number of rotatable bonds is 3. The van der Waals surface area contributed by atoms with E-state index in [2.05, 4.69) is 200 Å². The number of thiol groups is 1. The van der Waals surface area contributed by atoms with Gasteiger partial charge in [0.2, 0.25) is 0 Å². The molecule has 0 fully saturated rings. The van der Waals surface area contributed by atoms with Gasteiger partial charge in [-0.1, -0.05) is 171 Å². The van der Waals surface area contributed by atoms with Gasteiger partial charge < -0.3 is 14.9 Å². The predicted molar refractivity (Wildman–Crippen MR) is 259 cm³/mol. The van der Waals surface area contributed by atoms with Crippen LogP contribution in [-0.2, 0) is 74.0 Å². The van der Waals surface area contributed by atoms with E-state index in [1.807, 2.05) is 24.5 Å². The van der Waals surface area contributed by atoms with Gasteiger partial charge in [-0.3, -0.25) is 45.0 Å². The Morgan fingerprint density at radius 2 is 1.17 bits per heavy atom. The standard InChI is InChI=1S/C21H27N2P.C21H26N2P.2CHO.CH3S2.ClH.Na.2Ru.2H/c2*1-20(2,3)24(21(4,5)6)14-17-12-11-16-10-9-15-8-7-13-22-18(15)19(16)23-17;2*1-2;1-3-2;;;;;;/h7-13H,14H2,1-6H3;7-14H,1-6H3;2*1H;3H,1H2;1H;;;;;/q;4*-1;;2*+1;+2;;/p-1/b;17-14-;;;;;;;;;/i;;;;3D;;;;;;. The molecule has 6 rings (SSSR count). The van der Waals surface area contributed by atoms with Crippen molar-refractivity contribution in [2.45, 2.75) is 110 Å². The van der Waals surface area contributed by atoms with E-state index in [0.29, 0.717) is 10.3 Å². The molecule has 1 aliphatic rings. The average Bonchev–Trinajstić information content (AvgIpc) is 3.16. The van der Waals surface area contributed by atoms with E-state index >= 15 is 0 Å². The fraction of sp³-hybridized carbons (Fsp3) is 0.378. The molecule has 0 spiro atoms. The SMILES string of the molecule is CC(C)(C)P(/C=C1/C=Cc2ccc3cccnc3c2[N-]1)C(C)(C)C.CC(C)(C)P(Cc1ccc2ccc3cccnc3c2n1)C(C)(C)C.[2H]S([CH2-])=S.[CH-]=O.[CH-]=O.[Cl][RuH].[Na+].[RuH+2]. The van der Waals surface area contributed by atoms with E-state index in [9.17, 15) is 0 Å². The second-order valence-electron chi connectivity index (χ2n) is 16.8. The van der Waals surface area contributed by atoms with Crippen LogP contribution in [0.2, 0.25) is 0 Å². The van der Waals surface area contributed by atoms with Crippen molar-refractivity contribution in [1.29, 1.82) is 1.12 Å². The van der Waals surface area contributed by atoms with Crippen molar-refractivity contribution in [3.8, 4) is 0 Å². The molecule has 0 saturated carbocycles. The summed E-state index contributed by atoms with van der Waals surface area (Å²) in [4.78, 5) is 29.6. The van der Waals surface area contributed by atoms with Gasteiger partial charge in [0.15, 0.2) is 0 Å². The fourth-order valence-electron chi connectivity index (χ4n) is 6.83. The van der Waals surface area contributed by atoms with Crippen LogP contribution in [0.25, 0.3) is 44.1 Å². The van der Waals surface area contributed by atoms with Gasteiger partial charge in [-0.25, -0.2) is 0 Å². The molecule has 5 aromatic rings. The molecule has 0 saturated heterocycles. The summed E-state index contributed by atoms with van der Waals surface area (Å²) in [5, 5.41) is 9.55. The van der Waals surface area contributed by atoms with E-state index in [1.54, 1.807) is 17.3 Å². The summed E-state index contributed by atoms with van der Waals surface area (Å²) in [5.74, 6) is 2.40. The molecule has 0 amide bonds. The Labute approximate surface area is 416 Å². The summed E-state index contributed by atoms with van der Waals surface area (Å²) >= 11 is 5.83. The van der Waals surface area contributed by atoms with Gasteiger partial charge in [0.25, 0.3) is 0 Å². The van der Waals surface area contributed by atoms with Gasteiger partial charge in [-0.05, 0) is 49.8 Å². The first kappa shape index (κ1) is 58.3. The van der Waals surface area contributed by atoms with E-state index in [4.69, 9.17) is 21.0 Å². The van der Waals surface area contributed by atoms with Gasteiger partial charge in [0, 0.05) is 35.0 Å². The van der Waals surface area contributed by atoms with E-state index in [-0.39, 0.29) is 75.2 Å². The summed E-state index contributed by atoms with van der Waals surface area (Å²) in [6, 6.07) is 21.1. The number of benzene rings is 2. The molecule has 319 valence electrons. The fourth-order valence-corrected chi connectivity index (χ4v) is 13.5. The number of fused-ring (bicyclic) bond motifs is 6. The number of halogens is 1. The molecule has 2 aromatic carbocycles. The van der Waals surface area contributed by atoms with Crippen LogP contribution >= 0.6 is 25.5 Å². The van der Waals surface area contributed by atoms with Crippen molar-refractivity contribution in [1.82, 2.24) is 15.0 Å². The monoisotopic (exact) mass is 1080 g/mol. The number of aromatic nitrogens is 3. The van der Waals surface area contributed by atoms with Gasteiger partial charge in [-0.2, -0.15) is 0 Å². The summed E-state index contributed by atoms with van der Waals surface area (Å²) < 4.78 is 6.31. The molecule has 14 heteroatoms. The van der Waals surface area contributed by atoms with Crippen molar-refractivity contribution < 1.29 is 75.9 Å². The third-order valence-electron chi connectivity index (χ3n) is 8.59. The average molecular weight is 1080 g/mol. The Morgan fingerprint density at radius 1 is 0.746 bits per heavy atom. The zero-order valence-corrected chi connectivity index (χ0v) is 46.6. The summed E-state index contributed by atoms with van der Waals surface area (Å²) in [6.45, 7) is 34.7. The normalized spacial score (nSPS) is 13.4. The van der Waals surface area contributed by atoms with Crippen molar-refractivity contribution in [2.24, 2.45) is 0 Å². The molecule has 1 unspecified atom stereocenters. The summed E-state index contributed by atoms with van der Waals surface area (Å²) in [7, 11) is 3.31. The molecule has 3 aromatic heterocycles. The Balaban J connectivity index is 0. The molecule has 0 aliphatic carbocycles. The number of allylic oxidation sites excluding steroid dienone is 1. The first-order valence-electron chi connectivity index (χ1n) is 18.5. The quantitative estimate of drug-likeness (QED) is 0.0484. The number of pyridine rings is 3. The Kier molecular flexibility index (Phi) is 27.8. The number of hydrogen-bond acceptors (Lipinski definition) is 6. The van der Waals surface area contributed by atoms with Crippen LogP contribution in [0.15, 0.2) is 90.6 Å². The van der Waals surface area contributed by atoms with Crippen molar-refractivity contribution in [3.05, 3.63) is 113 Å². The molecule has 1 atom stereocenters. The van der Waals surface area contributed by atoms with Gasteiger partial charge in [-0.15, -0.1) is 11.4 Å². The summed E-state index contributed by atoms with van der Waals surface area (Å²) in [5.41, 5.74) is 7.43. The molecule has 4 heterocycles. The molecule has 0 radical (unpaired) electrons. The maximum atomic E-state index is 7.75. The Bertz CT molecular complexity index is 2140. The third kappa shape index (κ3) is 18.5. The topological polar surface area (TPSA) is 86.9 Å². The van der Waals surface area contributed by atoms with Crippen LogP contribution in [0, 0.1) is 6.26 Å². The second kappa shape index (κ2) is 28.1. The van der Waals surface area contributed by atoms with Gasteiger partial charge in [0.05, 0.1) is 17.7 Å². The number of carbonyl (C=O) groups excluding carboxylic acids is 2. The Morgan fingerprint density at radius 3 is 1.64 bits per heavy atom. The van der Waals surface area contributed by atoms with Crippen LogP contribution in [0.3, 0.4) is 0 Å². The van der Waals surface area contributed by atoms with E-state index in [1.165, 1.54) is 11.1 Å². The summed E-state index contributed by atoms with van der Waals surface area (Å²) in [6.07, 6.45) is 12.2. The maximum absolute atomic E-state index is 7.75. The van der Waals surface area contributed by atoms with Crippen LogP contribution in [0.4, 0.5) is 5.69 Å². The molecular formula is C45H60ClN4NaO2P2Ru2S2-. The minimum absolute atomic E-state index is 0. The van der Waals surface area contributed by atoms with Crippen molar-refractivity contribution in [3.63, 3.8) is 0 Å². The zero-order chi connectivity index (χ0) is 44.6. The van der Waals surface area contributed by atoms with E-state index < -0.39 is 10.2 Å². The first-order valence-corrected chi connectivity index (χ1v) is 25.3. The first-order chi connectivity index (χ1) is 27.1. The minimum atomic E-state index is -0.778. The molecule has 59 heavy (non-hydrogen) atoms. The van der Waals surface area contributed by atoms with Crippen LogP contribution < -0.4 is 29.6 Å². The molecule has 0 N–H and O–H groups in total. The van der Waals surface area contributed by atoms with Gasteiger partial charge >= 0.3 is 76.0 Å². The van der Waals surface area contributed by atoms with Crippen molar-refractivity contribution >= 4 is 105 Å². The van der Waals surface area contributed by atoms with Crippen LogP contribution in [-0.4, -0.2) is 50.3 Å². The number of hydrogen-bond donors (Lipinski definition) is 1.